The van der Waals surface area contributed by atoms with E-state index in [1.54, 1.807) is 45.0 Å². The van der Waals surface area contributed by atoms with Gasteiger partial charge in [0.25, 0.3) is 5.91 Å². The monoisotopic (exact) mass is 574 g/mol. The fourth-order valence-electron chi connectivity index (χ4n) is 6.49. The molecule has 1 N–H and O–H groups in total. The van der Waals surface area contributed by atoms with Gasteiger partial charge < -0.3 is 15.0 Å². The average molecular weight is 575 g/mol. The zero-order valence-electron chi connectivity index (χ0n) is 24.6. The standard InChI is InChI=1S/C33H39FN4O4/c1-33(2,3)42-32(41)38-27-14-13-25(18-27)29(38)30(39)36-26(20-35)17-24-12-11-23(19-28(24)34)21-7-9-22(10-8-21)31(40)37-15-5-4-6-16-37/h7-12,19,25-27,29H,4-6,13-18H2,1-3H3,(H,36,39). The van der Waals surface area contributed by atoms with Crippen molar-refractivity contribution < 1.29 is 23.5 Å². The Kier molecular flexibility index (Phi) is 8.53. The number of amides is 3. The van der Waals surface area contributed by atoms with Crippen molar-refractivity contribution in [1.29, 1.82) is 5.26 Å². The van der Waals surface area contributed by atoms with E-state index in [0.29, 0.717) is 16.7 Å². The van der Waals surface area contributed by atoms with Gasteiger partial charge in [0.1, 0.15) is 23.5 Å². The normalized spacial score (nSPS) is 22.4. The first-order valence-electron chi connectivity index (χ1n) is 14.9. The molecule has 2 saturated heterocycles. The average Bonchev–Trinajstić information content (AvgIpc) is 3.59. The summed E-state index contributed by atoms with van der Waals surface area (Å²) in [5.41, 5.74) is 1.66. The molecular formula is C33H39FN4O4. The first-order chi connectivity index (χ1) is 20.0. The van der Waals surface area contributed by atoms with Gasteiger partial charge in [-0.3, -0.25) is 14.5 Å². The van der Waals surface area contributed by atoms with Crippen LogP contribution in [0, 0.1) is 23.1 Å². The van der Waals surface area contributed by atoms with Crippen LogP contribution in [0.1, 0.15) is 75.2 Å². The van der Waals surface area contributed by atoms with Gasteiger partial charge in [0.2, 0.25) is 5.91 Å². The molecule has 2 aromatic rings. The number of hydrogen-bond acceptors (Lipinski definition) is 5. The summed E-state index contributed by atoms with van der Waals surface area (Å²) in [6, 6.07) is 12.3. The molecule has 3 aliphatic rings. The first kappa shape index (κ1) is 29.6. The van der Waals surface area contributed by atoms with Crippen molar-refractivity contribution in [1.82, 2.24) is 15.1 Å². The number of nitrogens with one attached hydrogen (secondary N) is 1. The molecule has 3 amide bonds. The second kappa shape index (κ2) is 12.1. The Bertz CT molecular complexity index is 1370. The van der Waals surface area contributed by atoms with E-state index < -0.39 is 35.5 Å². The van der Waals surface area contributed by atoms with Crippen LogP contribution in [0.5, 0.6) is 0 Å². The second-order valence-electron chi connectivity index (χ2n) is 12.7. The number of ether oxygens (including phenoxy) is 1. The zero-order chi connectivity index (χ0) is 30.0. The molecule has 3 fully saturated rings. The largest absolute Gasteiger partial charge is 0.444 e. The molecule has 222 valence electrons. The van der Waals surface area contributed by atoms with E-state index in [2.05, 4.69) is 11.4 Å². The predicted octanol–water partition coefficient (Wildman–Crippen LogP) is 5.46. The zero-order valence-corrected chi connectivity index (χ0v) is 24.6. The Balaban J connectivity index is 1.23. The lowest BCUT2D eigenvalue weighted by Gasteiger charge is -2.35. The number of nitrogens with zero attached hydrogens (tertiary/aromatic N) is 3. The Morgan fingerprint density at radius 1 is 1.05 bits per heavy atom. The minimum atomic E-state index is -0.961. The smallest absolute Gasteiger partial charge is 0.411 e. The topological polar surface area (TPSA) is 103 Å². The number of rotatable bonds is 6. The molecule has 9 heteroatoms. The van der Waals surface area contributed by atoms with Crippen LogP contribution in [-0.4, -0.2) is 64.5 Å². The third-order valence-corrected chi connectivity index (χ3v) is 8.52. The summed E-state index contributed by atoms with van der Waals surface area (Å²) in [5, 5.41) is 12.6. The third kappa shape index (κ3) is 6.43. The van der Waals surface area contributed by atoms with Crippen LogP contribution < -0.4 is 5.32 Å². The molecule has 2 aromatic carbocycles. The fraction of sp³-hybridized carbons (Fsp3) is 0.515. The molecule has 4 atom stereocenters. The van der Waals surface area contributed by atoms with Crippen molar-refractivity contribution in [3.8, 4) is 17.2 Å². The molecule has 0 radical (unpaired) electrons. The summed E-state index contributed by atoms with van der Waals surface area (Å²) in [5.74, 6) is -0.854. The van der Waals surface area contributed by atoms with Crippen LogP contribution >= 0.6 is 0 Å². The predicted molar refractivity (Wildman–Crippen MR) is 156 cm³/mol. The summed E-state index contributed by atoms with van der Waals surface area (Å²) in [6.45, 7) is 6.91. The van der Waals surface area contributed by atoms with Gasteiger partial charge in [-0.1, -0.05) is 24.3 Å². The van der Waals surface area contributed by atoms with Crippen LogP contribution in [0.3, 0.4) is 0 Å². The second-order valence-corrected chi connectivity index (χ2v) is 12.7. The number of fused-ring (bicyclic) bond motifs is 2. The van der Waals surface area contributed by atoms with Gasteiger partial charge in [-0.25, -0.2) is 9.18 Å². The van der Waals surface area contributed by atoms with Crippen LogP contribution in [0.4, 0.5) is 9.18 Å². The van der Waals surface area contributed by atoms with E-state index in [1.165, 1.54) is 11.0 Å². The highest BCUT2D eigenvalue weighted by Gasteiger charge is 2.52. The molecule has 2 heterocycles. The highest BCUT2D eigenvalue weighted by molar-refractivity contribution is 5.94. The van der Waals surface area contributed by atoms with Gasteiger partial charge >= 0.3 is 6.09 Å². The molecule has 0 spiro atoms. The Labute approximate surface area is 246 Å². The van der Waals surface area contributed by atoms with Gasteiger partial charge in [-0.05, 0) is 100 Å². The maximum atomic E-state index is 15.2. The van der Waals surface area contributed by atoms with Crippen molar-refractivity contribution >= 4 is 17.9 Å². The number of likely N-dealkylation sites (tertiary alicyclic amines) is 2. The number of carbonyl (C=O) groups is 3. The number of benzene rings is 2. The third-order valence-electron chi connectivity index (χ3n) is 8.52. The number of halogens is 1. The fourth-order valence-corrected chi connectivity index (χ4v) is 6.49. The van der Waals surface area contributed by atoms with Crippen molar-refractivity contribution in [3.05, 3.63) is 59.4 Å². The first-order valence-corrected chi connectivity index (χ1v) is 14.9. The summed E-state index contributed by atoms with van der Waals surface area (Å²) in [7, 11) is 0. The molecule has 0 aromatic heterocycles. The van der Waals surface area contributed by atoms with Gasteiger partial charge in [0.05, 0.1) is 6.07 Å². The molecule has 42 heavy (non-hydrogen) atoms. The Morgan fingerprint density at radius 2 is 1.74 bits per heavy atom. The van der Waals surface area contributed by atoms with E-state index in [0.717, 1.165) is 57.2 Å². The molecule has 4 unspecified atom stereocenters. The van der Waals surface area contributed by atoms with Crippen molar-refractivity contribution in [3.63, 3.8) is 0 Å². The van der Waals surface area contributed by atoms with Crippen molar-refractivity contribution in [2.75, 3.05) is 13.1 Å². The molecular weight excluding hydrogens is 535 g/mol. The maximum absolute atomic E-state index is 15.2. The molecule has 1 saturated carbocycles. The maximum Gasteiger partial charge on any atom is 0.411 e. The summed E-state index contributed by atoms with van der Waals surface area (Å²) in [6.07, 6.45) is 5.07. The quantitative estimate of drug-likeness (QED) is 0.494. The highest BCUT2D eigenvalue weighted by Crippen LogP contribution is 2.43. The number of carbonyl (C=O) groups excluding carboxylic acids is 3. The molecule has 2 aliphatic heterocycles. The lowest BCUT2D eigenvalue weighted by Crippen LogP contribution is -2.55. The Morgan fingerprint density at radius 3 is 2.38 bits per heavy atom. The molecule has 8 nitrogen and oxygen atoms in total. The number of nitriles is 1. The lowest BCUT2D eigenvalue weighted by atomic mass is 9.96. The van der Waals surface area contributed by atoms with Gasteiger partial charge in [0, 0.05) is 31.1 Å². The molecule has 5 rings (SSSR count). The van der Waals surface area contributed by atoms with Gasteiger partial charge in [-0.2, -0.15) is 5.26 Å². The van der Waals surface area contributed by atoms with Crippen LogP contribution in [0.25, 0.3) is 11.1 Å². The van der Waals surface area contributed by atoms with Gasteiger partial charge in [-0.15, -0.1) is 0 Å². The van der Waals surface area contributed by atoms with E-state index >= 15 is 4.39 Å². The number of hydrogen-bond donors (Lipinski definition) is 1. The lowest BCUT2D eigenvalue weighted by molar-refractivity contribution is -0.128. The minimum absolute atomic E-state index is 0.00905. The van der Waals surface area contributed by atoms with Gasteiger partial charge in [0.15, 0.2) is 0 Å². The molecule has 1 aliphatic carbocycles. The Hall–Kier alpha value is -3.93. The summed E-state index contributed by atoms with van der Waals surface area (Å²) in [4.78, 5) is 42.4. The SMILES string of the molecule is CC(C)(C)OC(=O)N1C2CCC(C2)C1C(=O)NC(C#N)Cc1ccc(-c2ccc(C(=O)N3CCCCC3)cc2)cc1F. The summed E-state index contributed by atoms with van der Waals surface area (Å²) >= 11 is 0. The van der Waals surface area contributed by atoms with E-state index in [1.807, 2.05) is 17.0 Å². The highest BCUT2D eigenvalue weighted by atomic mass is 19.1. The van der Waals surface area contributed by atoms with Crippen molar-refractivity contribution in [2.24, 2.45) is 5.92 Å². The van der Waals surface area contributed by atoms with E-state index in [4.69, 9.17) is 4.74 Å². The van der Waals surface area contributed by atoms with Crippen LogP contribution in [0.2, 0.25) is 0 Å². The summed E-state index contributed by atoms with van der Waals surface area (Å²) < 4.78 is 20.8. The van der Waals surface area contributed by atoms with Crippen LogP contribution in [0.15, 0.2) is 42.5 Å². The van der Waals surface area contributed by atoms with E-state index in [9.17, 15) is 19.6 Å². The molecule has 2 bridgehead atoms. The number of piperidine rings is 2. The van der Waals surface area contributed by atoms with E-state index in [-0.39, 0.29) is 24.3 Å². The van der Waals surface area contributed by atoms with Crippen LogP contribution in [-0.2, 0) is 16.0 Å². The minimum Gasteiger partial charge on any atom is -0.444 e. The van der Waals surface area contributed by atoms with Crippen molar-refractivity contribution in [2.45, 2.75) is 89.4 Å².